The quantitative estimate of drug-likeness (QED) is 0.369. The average Bonchev–Trinajstić information content (AvgIpc) is 3.21. The second kappa shape index (κ2) is 11.4. The van der Waals surface area contributed by atoms with Gasteiger partial charge in [-0.3, -0.25) is 9.79 Å². The minimum absolute atomic E-state index is 0. The van der Waals surface area contributed by atoms with Crippen molar-refractivity contribution in [2.75, 3.05) is 44.7 Å². The highest BCUT2D eigenvalue weighted by molar-refractivity contribution is 14.0. The van der Waals surface area contributed by atoms with E-state index in [1.54, 1.807) is 19.2 Å². The van der Waals surface area contributed by atoms with Crippen LogP contribution in [0.3, 0.4) is 0 Å². The molecule has 0 radical (unpaired) electrons. The van der Waals surface area contributed by atoms with Crippen LogP contribution in [0.4, 0.5) is 10.1 Å². The van der Waals surface area contributed by atoms with E-state index in [-0.39, 0.29) is 35.7 Å². The van der Waals surface area contributed by atoms with E-state index in [0.717, 1.165) is 24.7 Å². The number of carbonyl (C=O) groups is 1. The van der Waals surface area contributed by atoms with Crippen LogP contribution in [0.15, 0.2) is 29.3 Å². The molecule has 0 aromatic heterocycles. The molecule has 1 amide bonds. The summed E-state index contributed by atoms with van der Waals surface area (Å²) in [4.78, 5) is 20.8. The Morgan fingerprint density at radius 1 is 1.14 bits per heavy atom. The Labute approximate surface area is 184 Å². The van der Waals surface area contributed by atoms with Crippen LogP contribution in [0.5, 0.6) is 0 Å². The first-order chi connectivity index (χ1) is 13.2. The van der Waals surface area contributed by atoms with E-state index in [1.165, 1.54) is 37.8 Å². The molecule has 0 bridgehead atoms. The lowest BCUT2D eigenvalue weighted by Crippen LogP contribution is -2.49. The van der Waals surface area contributed by atoms with E-state index in [1.807, 2.05) is 4.90 Å². The minimum atomic E-state index is -0.225. The Hall–Kier alpha value is -1.58. The summed E-state index contributed by atoms with van der Waals surface area (Å²) < 4.78 is 13.0. The number of anilines is 1. The van der Waals surface area contributed by atoms with Gasteiger partial charge in [0.25, 0.3) is 0 Å². The largest absolute Gasteiger partial charge is 0.368 e. The zero-order chi connectivity index (χ0) is 19.1. The molecule has 1 aromatic carbocycles. The van der Waals surface area contributed by atoms with Crippen LogP contribution < -0.4 is 15.5 Å². The van der Waals surface area contributed by atoms with Crippen LogP contribution in [0.2, 0.25) is 0 Å². The lowest BCUT2D eigenvalue weighted by Gasteiger charge is -2.36. The van der Waals surface area contributed by atoms with Crippen molar-refractivity contribution < 1.29 is 9.18 Å². The molecular formula is C20H31FIN5O. The van der Waals surface area contributed by atoms with Gasteiger partial charge >= 0.3 is 0 Å². The molecular weight excluding hydrogens is 472 g/mol. The number of hydrogen-bond acceptors (Lipinski definition) is 3. The van der Waals surface area contributed by atoms with Crippen molar-refractivity contribution in [1.82, 2.24) is 15.5 Å². The predicted molar refractivity (Wildman–Crippen MR) is 122 cm³/mol. The number of nitrogens with one attached hydrogen (secondary N) is 2. The third-order valence-electron chi connectivity index (χ3n) is 5.38. The Bertz CT molecular complexity index is 641. The molecule has 0 unspecified atom stereocenters. The second-order valence-electron chi connectivity index (χ2n) is 7.22. The number of carbonyl (C=O) groups excluding carboxylic acids is 1. The number of aliphatic imine (C=N–C) groups is 1. The molecule has 28 heavy (non-hydrogen) atoms. The van der Waals surface area contributed by atoms with Gasteiger partial charge in [-0.2, -0.15) is 0 Å². The Morgan fingerprint density at radius 3 is 2.39 bits per heavy atom. The summed E-state index contributed by atoms with van der Waals surface area (Å²) in [6.07, 6.45) is 5.39. The van der Waals surface area contributed by atoms with Crippen molar-refractivity contribution >= 4 is 41.5 Å². The summed E-state index contributed by atoms with van der Waals surface area (Å²) in [5.41, 5.74) is 1.01. The number of amides is 1. The first-order valence-corrected chi connectivity index (χ1v) is 9.91. The van der Waals surface area contributed by atoms with E-state index in [0.29, 0.717) is 32.1 Å². The number of nitrogens with zero attached hydrogens (tertiary/aromatic N) is 3. The minimum Gasteiger partial charge on any atom is -0.368 e. The number of halogens is 2. The molecule has 2 aliphatic rings. The molecule has 1 aliphatic heterocycles. The standard InChI is InChI=1S/C20H30FN5O.HI/c1-22-20(24-17-4-2-3-5-17)23-11-10-19(27)26-14-12-25(13-15-26)18-8-6-16(21)7-9-18;/h6-9,17H,2-5,10-15H2,1H3,(H2,22,23,24);1H. The van der Waals surface area contributed by atoms with E-state index in [4.69, 9.17) is 0 Å². The summed E-state index contributed by atoms with van der Waals surface area (Å²) in [6.45, 7) is 3.53. The molecule has 1 saturated carbocycles. The molecule has 2 N–H and O–H groups in total. The number of hydrogen-bond donors (Lipinski definition) is 2. The molecule has 1 saturated heterocycles. The fourth-order valence-electron chi connectivity index (χ4n) is 3.77. The summed E-state index contributed by atoms with van der Waals surface area (Å²) in [6, 6.07) is 7.04. The number of guanidine groups is 1. The first kappa shape index (κ1) is 22.7. The third-order valence-corrected chi connectivity index (χ3v) is 5.38. The van der Waals surface area contributed by atoms with E-state index in [9.17, 15) is 9.18 Å². The van der Waals surface area contributed by atoms with E-state index < -0.39 is 0 Å². The van der Waals surface area contributed by atoms with E-state index >= 15 is 0 Å². The fourth-order valence-corrected chi connectivity index (χ4v) is 3.77. The maximum atomic E-state index is 13.0. The monoisotopic (exact) mass is 503 g/mol. The predicted octanol–water partition coefficient (Wildman–Crippen LogP) is 2.59. The maximum Gasteiger partial charge on any atom is 0.224 e. The van der Waals surface area contributed by atoms with Gasteiger partial charge in [-0.05, 0) is 37.1 Å². The zero-order valence-corrected chi connectivity index (χ0v) is 18.8. The molecule has 1 aliphatic carbocycles. The summed E-state index contributed by atoms with van der Waals surface area (Å²) >= 11 is 0. The van der Waals surface area contributed by atoms with Crippen molar-refractivity contribution in [3.8, 4) is 0 Å². The lowest BCUT2D eigenvalue weighted by atomic mass is 10.2. The smallest absolute Gasteiger partial charge is 0.224 e. The van der Waals surface area contributed by atoms with Gasteiger partial charge in [0, 0.05) is 57.9 Å². The van der Waals surface area contributed by atoms with Crippen LogP contribution in [-0.4, -0.2) is 62.6 Å². The average molecular weight is 503 g/mol. The zero-order valence-electron chi connectivity index (χ0n) is 16.5. The SMILES string of the molecule is CN=C(NCCC(=O)N1CCN(c2ccc(F)cc2)CC1)NC1CCCC1.I. The Kier molecular flexibility index (Phi) is 9.27. The van der Waals surface area contributed by atoms with Gasteiger partial charge in [0.15, 0.2) is 5.96 Å². The van der Waals surface area contributed by atoms with Crippen LogP contribution in [0.1, 0.15) is 32.1 Å². The van der Waals surface area contributed by atoms with Gasteiger partial charge in [-0.25, -0.2) is 4.39 Å². The highest BCUT2D eigenvalue weighted by atomic mass is 127. The Morgan fingerprint density at radius 2 is 1.79 bits per heavy atom. The van der Waals surface area contributed by atoms with Gasteiger partial charge in [0.2, 0.25) is 5.91 Å². The summed E-state index contributed by atoms with van der Waals surface area (Å²) in [5, 5.41) is 6.68. The van der Waals surface area contributed by atoms with Crippen LogP contribution in [-0.2, 0) is 4.79 Å². The Balaban J connectivity index is 0.00000280. The molecule has 1 aromatic rings. The molecule has 6 nitrogen and oxygen atoms in total. The van der Waals surface area contributed by atoms with Gasteiger partial charge < -0.3 is 20.4 Å². The molecule has 8 heteroatoms. The molecule has 0 spiro atoms. The van der Waals surface area contributed by atoms with Gasteiger partial charge in [0.05, 0.1) is 0 Å². The molecule has 2 fully saturated rings. The highest BCUT2D eigenvalue weighted by Gasteiger charge is 2.21. The number of rotatable bonds is 5. The van der Waals surface area contributed by atoms with Gasteiger partial charge in [-0.1, -0.05) is 12.8 Å². The third kappa shape index (κ3) is 6.49. The highest BCUT2D eigenvalue weighted by Crippen LogP contribution is 2.18. The molecule has 0 atom stereocenters. The van der Waals surface area contributed by atoms with Crippen LogP contribution in [0.25, 0.3) is 0 Å². The van der Waals surface area contributed by atoms with Gasteiger partial charge in [0.1, 0.15) is 5.82 Å². The van der Waals surface area contributed by atoms with Crippen LogP contribution >= 0.6 is 24.0 Å². The number of piperazine rings is 1. The van der Waals surface area contributed by atoms with Crippen molar-refractivity contribution in [3.63, 3.8) is 0 Å². The second-order valence-corrected chi connectivity index (χ2v) is 7.22. The van der Waals surface area contributed by atoms with Crippen molar-refractivity contribution in [1.29, 1.82) is 0 Å². The van der Waals surface area contributed by atoms with Crippen molar-refractivity contribution in [2.45, 2.75) is 38.1 Å². The molecule has 156 valence electrons. The topological polar surface area (TPSA) is 60.0 Å². The van der Waals surface area contributed by atoms with Crippen molar-refractivity contribution in [2.24, 2.45) is 4.99 Å². The summed E-state index contributed by atoms with van der Waals surface area (Å²) in [7, 11) is 1.76. The normalized spacial score (nSPS) is 18.0. The lowest BCUT2D eigenvalue weighted by molar-refractivity contribution is -0.131. The first-order valence-electron chi connectivity index (χ1n) is 9.91. The molecule has 1 heterocycles. The fraction of sp³-hybridized carbons (Fsp3) is 0.600. The van der Waals surface area contributed by atoms with Crippen LogP contribution in [0, 0.1) is 5.82 Å². The van der Waals surface area contributed by atoms with E-state index in [2.05, 4.69) is 20.5 Å². The maximum absolute atomic E-state index is 13.0. The summed E-state index contributed by atoms with van der Waals surface area (Å²) in [5.74, 6) is 0.728. The molecule has 3 rings (SSSR count). The van der Waals surface area contributed by atoms with Gasteiger partial charge in [-0.15, -0.1) is 24.0 Å². The number of benzene rings is 1. The van der Waals surface area contributed by atoms with Crippen molar-refractivity contribution in [3.05, 3.63) is 30.1 Å².